The molecule has 19 heavy (non-hydrogen) atoms. The summed E-state index contributed by atoms with van der Waals surface area (Å²) in [4.78, 5) is 35.1. The Labute approximate surface area is 112 Å². The largest absolute Gasteiger partial charge is 0.465 e. The van der Waals surface area contributed by atoms with Crippen LogP contribution in [-0.2, 0) is 23.9 Å². The lowest BCUT2D eigenvalue weighted by Gasteiger charge is -2.27. The van der Waals surface area contributed by atoms with Crippen LogP contribution < -0.4 is 0 Å². The van der Waals surface area contributed by atoms with E-state index in [1.165, 1.54) is 0 Å². The number of carbonyl (C=O) groups is 3. The SMILES string of the molecule is CCOC(=O)C1(C(=O)OCC)C[C@@H]2C[C@]2(CC=O)C1. The van der Waals surface area contributed by atoms with E-state index < -0.39 is 17.4 Å². The average Bonchev–Trinajstić information content (AvgIpc) is 2.91. The number of aldehydes is 1. The van der Waals surface area contributed by atoms with E-state index in [1.807, 2.05) is 0 Å². The molecule has 2 rings (SSSR count). The summed E-state index contributed by atoms with van der Waals surface area (Å²) in [5.41, 5.74) is -1.35. The lowest BCUT2D eigenvalue weighted by Crippen LogP contribution is -2.41. The van der Waals surface area contributed by atoms with Crippen LogP contribution in [0.1, 0.15) is 39.5 Å². The Kier molecular flexibility index (Phi) is 3.65. The topological polar surface area (TPSA) is 69.7 Å². The molecule has 2 aliphatic rings. The van der Waals surface area contributed by atoms with Gasteiger partial charge in [0.1, 0.15) is 6.29 Å². The summed E-state index contributed by atoms with van der Waals surface area (Å²) in [5, 5.41) is 0. The number of fused-ring (bicyclic) bond motifs is 1. The predicted molar refractivity (Wildman–Crippen MR) is 66.2 cm³/mol. The Hall–Kier alpha value is -1.39. The molecule has 2 aliphatic carbocycles. The van der Waals surface area contributed by atoms with Gasteiger partial charge >= 0.3 is 11.9 Å². The number of hydrogen-bond donors (Lipinski definition) is 0. The second-order valence-corrected chi connectivity index (χ2v) is 5.54. The molecule has 0 bridgehead atoms. The van der Waals surface area contributed by atoms with Gasteiger partial charge in [-0.3, -0.25) is 9.59 Å². The molecule has 0 aromatic heterocycles. The molecule has 0 N–H and O–H groups in total. The molecule has 0 heterocycles. The maximum Gasteiger partial charge on any atom is 0.323 e. The maximum atomic E-state index is 12.2. The minimum absolute atomic E-state index is 0.165. The summed E-state index contributed by atoms with van der Waals surface area (Å²) < 4.78 is 10.1. The number of esters is 2. The first-order chi connectivity index (χ1) is 9.04. The van der Waals surface area contributed by atoms with Gasteiger partial charge in [0.25, 0.3) is 0 Å². The predicted octanol–water partition coefficient (Wildman–Crippen LogP) is 1.49. The zero-order valence-electron chi connectivity index (χ0n) is 11.4. The molecule has 106 valence electrons. The maximum absolute atomic E-state index is 12.2. The van der Waals surface area contributed by atoms with Gasteiger partial charge in [-0.15, -0.1) is 0 Å². The fraction of sp³-hybridized carbons (Fsp3) is 0.786. The van der Waals surface area contributed by atoms with E-state index in [-0.39, 0.29) is 24.5 Å². The second-order valence-electron chi connectivity index (χ2n) is 5.54. The minimum atomic E-state index is -1.18. The lowest BCUT2D eigenvalue weighted by atomic mass is 9.80. The normalized spacial score (nSPS) is 30.3. The van der Waals surface area contributed by atoms with E-state index in [4.69, 9.17) is 9.47 Å². The molecule has 0 spiro atoms. The van der Waals surface area contributed by atoms with E-state index in [9.17, 15) is 14.4 Å². The zero-order valence-corrected chi connectivity index (χ0v) is 11.4. The number of hydrogen-bond acceptors (Lipinski definition) is 5. The quantitative estimate of drug-likeness (QED) is 0.414. The molecule has 0 aromatic carbocycles. The smallest absolute Gasteiger partial charge is 0.323 e. The third kappa shape index (κ3) is 2.15. The van der Waals surface area contributed by atoms with Gasteiger partial charge in [-0.1, -0.05) is 0 Å². The van der Waals surface area contributed by atoms with Crippen molar-refractivity contribution in [3.63, 3.8) is 0 Å². The van der Waals surface area contributed by atoms with Crippen molar-refractivity contribution in [3.8, 4) is 0 Å². The van der Waals surface area contributed by atoms with Crippen LogP contribution in [0.4, 0.5) is 0 Å². The molecule has 0 saturated heterocycles. The fourth-order valence-electron chi connectivity index (χ4n) is 3.45. The Bertz CT molecular complexity index is 385. The minimum Gasteiger partial charge on any atom is -0.465 e. The van der Waals surface area contributed by atoms with E-state index >= 15 is 0 Å². The van der Waals surface area contributed by atoms with E-state index in [0.29, 0.717) is 19.3 Å². The van der Waals surface area contributed by atoms with Gasteiger partial charge in [-0.25, -0.2) is 0 Å². The molecule has 2 atom stereocenters. The van der Waals surface area contributed by atoms with Crippen molar-refractivity contribution in [2.45, 2.75) is 39.5 Å². The van der Waals surface area contributed by atoms with Gasteiger partial charge in [0, 0.05) is 6.42 Å². The first kappa shape index (κ1) is 14.0. The zero-order chi connectivity index (χ0) is 14.1. The molecule has 5 nitrogen and oxygen atoms in total. The standard InChI is InChI=1S/C14H20O5/c1-3-18-11(16)14(12(17)19-4-2)8-10-7-13(10,9-14)5-6-15/h6,10H,3-5,7-9H2,1-2H3/t10-,13+/m0/s1. The number of carbonyl (C=O) groups excluding carboxylic acids is 3. The van der Waals surface area contributed by atoms with E-state index in [0.717, 1.165) is 12.7 Å². The van der Waals surface area contributed by atoms with Crippen LogP contribution in [0.3, 0.4) is 0 Å². The third-order valence-corrected chi connectivity index (χ3v) is 4.43. The van der Waals surface area contributed by atoms with Crippen molar-refractivity contribution in [3.05, 3.63) is 0 Å². The van der Waals surface area contributed by atoms with E-state index in [1.54, 1.807) is 13.8 Å². The van der Waals surface area contributed by atoms with Crippen molar-refractivity contribution in [1.29, 1.82) is 0 Å². The van der Waals surface area contributed by atoms with Crippen LogP contribution in [0.25, 0.3) is 0 Å². The molecular formula is C14H20O5. The van der Waals surface area contributed by atoms with Gasteiger partial charge in [0.15, 0.2) is 5.41 Å². The molecule has 0 aromatic rings. The second kappa shape index (κ2) is 4.94. The van der Waals surface area contributed by atoms with Crippen molar-refractivity contribution < 1.29 is 23.9 Å². The van der Waals surface area contributed by atoms with Gasteiger partial charge in [-0.05, 0) is 44.4 Å². The third-order valence-electron chi connectivity index (χ3n) is 4.43. The summed E-state index contributed by atoms with van der Waals surface area (Å²) in [6.45, 7) is 3.91. The molecule has 5 heteroatoms. The Morgan fingerprint density at radius 3 is 2.21 bits per heavy atom. The van der Waals surface area contributed by atoms with Crippen molar-refractivity contribution in [2.75, 3.05) is 13.2 Å². The Balaban J connectivity index is 2.21. The lowest BCUT2D eigenvalue weighted by molar-refractivity contribution is -0.173. The number of ether oxygens (including phenoxy) is 2. The summed E-state index contributed by atoms with van der Waals surface area (Å²) in [7, 11) is 0. The van der Waals surface area contributed by atoms with Crippen molar-refractivity contribution >= 4 is 18.2 Å². The molecule has 0 radical (unpaired) electrons. The highest BCUT2D eigenvalue weighted by Gasteiger charge is 2.70. The Morgan fingerprint density at radius 1 is 1.16 bits per heavy atom. The van der Waals surface area contributed by atoms with Crippen LogP contribution in [0.2, 0.25) is 0 Å². The summed E-state index contributed by atoms with van der Waals surface area (Å²) in [5.74, 6) is -0.719. The fourth-order valence-corrected chi connectivity index (χ4v) is 3.45. The molecule has 0 aliphatic heterocycles. The molecule has 2 fully saturated rings. The van der Waals surface area contributed by atoms with Crippen LogP contribution >= 0.6 is 0 Å². The van der Waals surface area contributed by atoms with Crippen LogP contribution in [0.15, 0.2) is 0 Å². The highest BCUT2D eigenvalue weighted by molar-refractivity contribution is 6.01. The molecule has 2 saturated carbocycles. The summed E-state index contributed by atoms with van der Waals surface area (Å²) in [6.07, 6.45) is 3.07. The van der Waals surface area contributed by atoms with Crippen molar-refractivity contribution in [2.24, 2.45) is 16.7 Å². The molecule has 0 unspecified atom stereocenters. The highest BCUT2D eigenvalue weighted by Crippen LogP contribution is 2.71. The van der Waals surface area contributed by atoms with Gasteiger partial charge < -0.3 is 14.3 Å². The van der Waals surface area contributed by atoms with Gasteiger partial charge in [0.2, 0.25) is 0 Å². The Morgan fingerprint density at radius 2 is 1.74 bits per heavy atom. The van der Waals surface area contributed by atoms with Crippen LogP contribution in [0, 0.1) is 16.7 Å². The van der Waals surface area contributed by atoms with Crippen LogP contribution in [0.5, 0.6) is 0 Å². The monoisotopic (exact) mass is 268 g/mol. The van der Waals surface area contributed by atoms with Crippen molar-refractivity contribution in [1.82, 2.24) is 0 Å². The van der Waals surface area contributed by atoms with E-state index in [2.05, 4.69) is 0 Å². The van der Waals surface area contributed by atoms with Gasteiger partial charge in [0.05, 0.1) is 13.2 Å². The molecular weight excluding hydrogens is 248 g/mol. The highest BCUT2D eigenvalue weighted by atomic mass is 16.6. The summed E-state index contributed by atoms with van der Waals surface area (Å²) >= 11 is 0. The number of rotatable bonds is 6. The first-order valence-corrected chi connectivity index (χ1v) is 6.82. The average molecular weight is 268 g/mol. The van der Waals surface area contributed by atoms with Crippen LogP contribution in [-0.4, -0.2) is 31.4 Å². The van der Waals surface area contributed by atoms with Gasteiger partial charge in [-0.2, -0.15) is 0 Å². The summed E-state index contributed by atoms with van der Waals surface area (Å²) in [6, 6.07) is 0. The molecule has 0 amide bonds. The first-order valence-electron chi connectivity index (χ1n) is 6.82.